The van der Waals surface area contributed by atoms with E-state index in [-0.39, 0.29) is 10.9 Å². The highest BCUT2D eigenvalue weighted by atomic mass is 35.5. The third kappa shape index (κ3) is 5.12. The summed E-state index contributed by atoms with van der Waals surface area (Å²) in [7, 11) is -1.87. The molecule has 2 N–H and O–H groups in total. The molecule has 0 heterocycles. The van der Waals surface area contributed by atoms with Gasteiger partial charge in [0.25, 0.3) is 0 Å². The van der Waals surface area contributed by atoms with Crippen molar-refractivity contribution in [3.63, 3.8) is 0 Å². The van der Waals surface area contributed by atoms with Crippen LogP contribution >= 0.6 is 11.6 Å². The highest BCUT2D eigenvalue weighted by molar-refractivity contribution is 7.89. The van der Waals surface area contributed by atoms with E-state index in [0.29, 0.717) is 23.9 Å². The lowest BCUT2D eigenvalue weighted by atomic mass is 10.3. The van der Waals surface area contributed by atoms with Crippen LogP contribution in [0.2, 0.25) is 5.02 Å². The van der Waals surface area contributed by atoms with Gasteiger partial charge in [0.2, 0.25) is 10.0 Å². The summed E-state index contributed by atoms with van der Waals surface area (Å²) in [4.78, 5) is 0.0964. The van der Waals surface area contributed by atoms with Crippen molar-refractivity contribution in [3.8, 4) is 5.75 Å². The van der Waals surface area contributed by atoms with Gasteiger partial charge in [0.05, 0.1) is 6.61 Å². The van der Waals surface area contributed by atoms with Crippen LogP contribution < -0.4 is 14.8 Å². The van der Waals surface area contributed by atoms with Crippen LogP contribution in [0.5, 0.6) is 5.75 Å². The van der Waals surface area contributed by atoms with E-state index in [2.05, 4.69) is 10.0 Å². The first-order valence-electron chi connectivity index (χ1n) is 7.51. The van der Waals surface area contributed by atoms with Crippen molar-refractivity contribution in [3.05, 3.63) is 23.2 Å². The van der Waals surface area contributed by atoms with Gasteiger partial charge in [0, 0.05) is 17.6 Å². The first-order valence-corrected chi connectivity index (χ1v) is 9.38. The Hall–Kier alpha value is -0.820. The second-order valence-electron chi connectivity index (χ2n) is 5.71. The summed E-state index contributed by atoms with van der Waals surface area (Å²) in [6.45, 7) is 2.72. The molecule has 0 spiro atoms. The van der Waals surface area contributed by atoms with Crippen molar-refractivity contribution < 1.29 is 13.2 Å². The molecule has 2 rings (SSSR count). The Morgan fingerprint density at radius 1 is 1.41 bits per heavy atom. The molecule has 0 aromatic heterocycles. The van der Waals surface area contributed by atoms with Crippen molar-refractivity contribution in [2.45, 2.75) is 37.1 Å². The van der Waals surface area contributed by atoms with Crippen LogP contribution in [0.25, 0.3) is 0 Å². The van der Waals surface area contributed by atoms with Crippen molar-refractivity contribution in [1.29, 1.82) is 0 Å². The topological polar surface area (TPSA) is 67.4 Å². The van der Waals surface area contributed by atoms with Crippen LogP contribution in [0, 0.1) is 5.92 Å². The van der Waals surface area contributed by atoms with Crippen LogP contribution in [0.15, 0.2) is 23.1 Å². The van der Waals surface area contributed by atoms with E-state index in [1.54, 1.807) is 19.2 Å². The van der Waals surface area contributed by atoms with E-state index in [9.17, 15) is 8.42 Å². The molecule has 0 bridgehead atoms. The third-order valence-electron chi connectivity index (χ3n) is 3.75. The summed E-state index contributed by atoms with van der Waals surface area (Å²) in [5.74, 6) is 1.09. The predicted molar refractivity (Wildman–Crippen MR) is 88.0 cm³/mol. The zero-order valence-corrected chi connectivity index (χ0v) is 14.5. The van der Waals surface area contributed by atoms with Gasteiger partial charge in [0.15, 0.2) is 0 Å². The average Bonchev–Trinajstić information content (AvgIpc) is 3.30. The number of sulfonamides is 1. The Balaban J connectivity index is 2.10. The van der Waals surface area contributed by atoms with Crippen molar-refractivity contribution >= 4 is 21.6 Å². The molecule has 1 unspecified atom stereocenters. The molecule has 7 heteroatoms. The van der Waals surface area contributed by atoms with Crippen molar-refractivity contribution in [2.24, 2.45) is 5.92 Å². The van der Waals surface area contributed by atoms with Crippen LogP contribution in [-0.2, 0) is 10.0 Å². The lowest BCUT2D eigenvalue weighted by Crippen LogP contribution is -2.37. The summed E-state index contributed by atoms with van der Waals surface area (Å²) < 4.78 is 33.2. The molecule has 22 heavy (non-hydrogen) atoms. The minimum absolute atomic E-state index is 0.0354. The molecule has 0 radical (unpaired) electrons. The Morgan fingerprint density at radius 3 is 2.77 bits per heavy atom. The van der Waals surface area contributed by atoms with Gasteiger partial charge in [-0.05, 0) is 44.5 Å². The van der Waals surface area contributed by atoms with Gasteiger partial charge < -0.3 is 10.1 Å². The van der Waals surface area contributed by atoms with Gasteiger partial charge in [-0.25, -0.2) is 13.1 Å². The summed E-state index contributed by atoms with van der Waals surface area (Å²) in [5, 5.41) is 3.36. The molecule has 0 amide bonds. The van der Waals surface area contributed by atoms with Gasteiger partial charge >= 0.3 is 0 Å². The molecule has 1 aromatic rings. The predicted octanol–water partition coefficient (Wildman–Crippen LogP) is 2.41. The second-order valence-corrected chi connectivity index (χ2v) is 7.89. The first kappa shape index (κ1) is 17.5. The molecule has 1 saturated carbocycles. The third-order valence-corrected chi connectivity index (χ3v) is 5.43. The van der Waals surface area contributed by atoms with E-state index in [4.69, 9.17) is 16.3 Å². The Kier molecular flexibility index (Phi) is 6.09. The normalized spacial score (nSPS) is 16.5. The molecule has 1 aromatic carbocycles. The minimum atomic E-state index is -3.65. The van der Waals surface area contributed by atoms with Gasteiger partial charge in [-0.15, -0.1) is 0 Å². The second kappa shape index (κ2) is 7.64. The lowest BCUT2D eigenvalue weighted by Gasteiger charge is -2.15. The van der Waals surface area contributed by atoms with Gasteiger partial charge in [-0.1, -0.05) is 24.4 Å². The first-order chi connectivity index (χ1) is 10.4. The lowest BCUT2D eigenvalue weighted by molar-refractivity contribution is 0.295. The van der Waals surface area contributed by atoms with Gasteiger partial charge in [0.1, 0.15) is 10.6 Å². The molecule has 5 nitrogen and oxygen atoms in total. The van der Waals surface area contributed by atoms with Crippen LogP contribution in [0.1, 0.15) is 26.2 Å². The number of hydrogen-bond donors (Lipinski definition) is 2. The smallest absolute Gasteiger partial charge is 0.244 e. The number of likely N-dealkylation sites (N-methyl/N-ethyl adjacent to an activating group) is 1. The molecule has 1 aliphatic carbocycles. The number of nitrogens with one attached hydrogen (secondary N) is 2. The SMILES string of the molecule is CNC(C)CNS(=O)(=O)c1cc(Cl)ccc1OCCC1CC1. The molecule has 1 fully saturated rings. The highest BCUT2D eigenvalue weighted by Crippen LogP contribution is 2.33. The van der Waals surface area contributed by atoms with Gasteiger partial charge in [-0.3, -0.25) is 0 Å². The molecular weight excluding hydrogens is 324 g/mol. The average molecular weight is 347 g/mol. The fourth-order valence-electron chi connectivity index (χ4n) is 1.97. The largest absolute Gasteiger partial charge is 0.492 e. The number of hydrogen-bond acceptors (Lipinski definition) is 4. The summed E-state index contributed by atoms with van der Waals surface area (Å²) in [6, 6.07) is 4.72. The molecular formula is C15H23ClN2O3S. The van der Waals surface area contributed by atoms with Crippen molar-refractivity contribution in [1.82, 2.24) is 10.0 Å². The van der Waals surface area contributed by atoms with Crippen molar-refractivity contribution in [2.75, 3.05) is 20.2 Å². The fraction of sp³-hybridized carbons (Fsp3) is 0.600. The molecule has 1 atom stereocenters. The molecule has 0 aliphatic heterocycles. The number of ether oxygens (including phenoxy) is 1. The highest BCUT2D eigenvalue weighted by Gasteiger charge is 2.23. The Morgan fingerprint density at radius 2 is 2.14 bits per heavy atom. The minimum Gasteiger partial charge on any atom is -0.492 e. The standard InChI is InChI=1S/C15H23ClN2O3S/c1-11(17-2)10-18-22(19,20)15-9-13(16)5-6-14(15)21-8-7-12-3-4-12/h5-6,9,11-12,17-18H,3-4,7-8,10H2,1-2H3. The zero-order valence-electron chi connectivity index (χ0n) is 12.9. The molecule has 0 saturated heterocycles. The van der Waals surface area contributed by atoms with E-state index in [1.807, 2.05) is 6.92 Å². The fourth-order valence-corrected chi connectivity index (χ4v) is 3.50. The van der Waals surface area contributed by atoms with Crippen LogP contribution in [-0.4, -0.2) is 34.7 Å². The molecule has 1 aliphatic rings. The van der Waals surface area contributed by atoms with Crippen LogP contribution in [0.4, 0.5) is 0 Å². The maximum absolute atomic E-state index is 12.5. The van der Waals surface area contributed by atoms with Crippen LogP contribution in [0.3, 0.4) is 0 Å². The van der Waals surface area contributed by atoms with E-state index >= 15 is 0 Å². The van der Waals surface area contributed by atoms with E-state index < -0.39 is 10.0 Å². The van der Waals surface area contributed by atoms with Gasteiger partial charge in [-0.2, -0.15) is 0 Å². The summed E-state index contributed by atoms with van der Waals surface area (Å²) >= 11 is 5.95. The maximum Gasteiger partial charge on any atom is 0.244 e. The number of halogens is 1. The quantitative estimate of drug-likeness (QED) is 0.720. The van der Waals surface area contributed by atoms with E-state index in [1.165, 1.54) is 18.9 Å². The number of benzene rings is 1. The maximum atomic E-state index is 12.5. The Labute approximate surface area is 137 Å². The number of rotatable bonds is 9. The summed E-state index contributed by atoms with van der Waals surface area (Å²) in [5.41, 5.74) is 0. The molecule has 124 valence electrons. The Bertz CT molecular complexity index is 603. The monoisotopic (exact) mass is 346 g/mol. The zero-order chi connectivity index (χ0) is 16.2. The summed E-state index contributed by atoms with van der Waals surface area (Å²) in [6.07, 6.45) is 3.46. The van der Waals surface area contributed by atoms with E-state index in [0.717, 1.165) is 12.3 Å².